The van der Waals surface area contributed by atoms with Crippen molar-refractivity contribution in [2.45, 2.75) is 39.7 Å². The van der Waals surface area contributed by atoms with Gasteiger partial charge in [0.2, 0.25) is 5.91 Å². The molecule has 0 aliphatic carbocycles. The third-order valence-corrected chi connectivity index (χ3v) is 2.68. The van der Waals surface area contributed by atoms with Crippen molar-refractivity contribution >= 4 is 16.0 Å². The van der Waals surface area contributed by atoms with Crippen molar-refractivity contribution in [1.29, 1.82) is 0 Å². The molecule has 0 unspecified atom stereocenters. The molecule has 0 heterocycles. The van der Waals surface area contributed by atoms with Crippen LogP contribution in [0.3, 0.4) is 0 Å². The average Bonchev–Trinajstić information content (AvgIpc) is 1.73. The second-order valence-electron chi connectivity index (χ2n) is 4.73. The van der Waals surface area contributed by atoms with Crippen molar-refractivity contribution < 1.29 is 17.8 Å². The summed E-state index contributed by atoms with van der Waals surface area (Å²) in [4.78, 5) is 11.3. The van der Waals surface area contributed by atoms with Crippen LogP contribution in [0.2, 0.25) is 0 Å². The van der Waals surface area contributed by atoms with E-state index in [9.17, 15) is 17.8 Å². The number of carbonyl (C=O) groups excluding carboxylic acids is 1. The minimum atomic E-state index is -4.32. The second-order valence-corrected chi connectivity index (χ2v) is 6.14. The molecule has 0 radical (unpaired) electrons. The summed E-state index contributed by atoms with van der Waals surface area (Å²) < 4.78 is 31.6. The van der Waals surface area contributed by atoms with Crippen LogP contribution in [-0.2, 0) is 14.9 Å². The molecule has 0 saturated carbocycles. The number of amides is 1. The Labute approximate surface area is 91.0 Å². The Hall–Kier alpha value is -0.620. The third-order valence-electron chi connectivity index (χ3n) is 1.61. The van der Waals surface area contributed by atoms with Crippen LogP contribution in [0.15, 0.2) is 0 Å². The standard InChI is InChI=1S/C9H19NO4S/c1-7(2)5-8(11)10-9(3,4)6-15(12,13)14/h7H,5-6H2,1-4H3,(H,10,11)(H,12,13,14)/p-1. The summed E-state index contributed by atoms with van der Waals surface area (Å²) in [5.74, 6) is -0.632. The highest BCUT2D eigenvalue weighted by Gasteiger charge is 2.23. The molecule has 0 spiro atoms. The van der Waals surface area contributed by atoms with E-state index in [2.05, 4.69) is 5.32 Å². The van der Waals surface area contributed by atoms with Crippen LogP contribution in [-0.4, -0.2) is 30.2 Å². The van der Waals surface area contributed by atoms with Crippen molar-refractivity contribution in [2.75, 3.05) is 5.75 Å². The van der Waals surface area contributed by atoms with Crippen LogP contribution in [0.5, 0.6) is 0 Å². The van der Waals surface area contributed by atoms with Gasteiger partial charge in [0.25, 0.3) is 0 Å². The van der Waals surface area contributed by atoms with Crippen LogP contribution in [0, 0.1) is 5.92 Å². The Balaban J connectivity index is 4.32. The summed E-state index contributed by atoms with van der Waals surface area (Å²) in [6.07, 6.45) is 0.322. The fourth-order valence-electron chi connectivity index (χ4n) is 1.28. The second kappa shape index (κ2) is 4.94. The van der Waals surface area contributed by atoms with Gasteiger partial charge in [-0.05, 0) is 19.8 Å². The molecule has 1 amide bonds. The zero-order chi connectivity index (χ0) is 12.3. The predicted octanol–water partition coefficient (Wildman–Crippen LogP) is 0.473. The van der Waals surface area contributed by atoms with Crippen molar-refractivity contribution in [3.05, 3.63) is 0 Å². The van der Waals surface area contributed by atoms with E-state index in [1.54, 1.807) is 0 Å². The highest BCUT2D eigenvalue weighted by Crippen LogP contribution is 2.07. The molecule has 0 atom stereocenters. The highest BCUT2D eigenvalue weighted by atomic mass is 32.2. The normalized spacial score (nSPS) is 12.9. The van der Waals surface area contributed by atoms with Crippen LogP contribution in [0.25, 0.3) is 0 Å². The number of hydrogen-bond donors (Lipinski definition) is 1. The third kappa shape index (κ3) is 8.38. The summed E-state index contributed by atoms with van der Waals surface area (Å²) in [6.45, 7) is 6.80. The molecule has 15 heavy (non-hydrogen) atoms. The van der Waals surface area contributed by atoms with Crippen LogP contribution in [0.4, 0.5) is 0 Å². The minimum Gasteiger partial charge on any atom is -0.748 e. The van der Waals surface area contributed by atoms with Gasteiger partial charge in [0.15, 0.2) is 0 Å². The van der Waals surface area contributed by atoms with Gasteiger partial charge < -0.3 is 9.87 Å². The van der Waals surface area contributed by atoms with E-state index in [1.165, 1.54) is 13.8 Å². The number of carbonyl (C=O) groups is 1. The molecule has 0 aromatic heterocycles. The molecule has 1 N–H and O–H groups in total. The van der Waals surface area contributed by atoms with Crippen LogP contribution in [0.1, 0.15) is 34.1 Å². The summed E-state index contributed by atoms with van der Waals surface area (Å²) in [7, 11) is -4.32. The SMILES string of the molecule is CC(C)CC(=O)NC(C)(C)CS(=O)(=O)[O-]. The quantitative estimate of drug-likeness (QED) is 0.703. The summed E-state index contributed by atoms with van der Waals surface area (Å²) in [6, 6.07) is 0. The zero-order valence-corrected chi connectivity index (χ0v) is 10.3. The minimum absolute atomic E-state index is 0.199. The maximum Gasteiger partial charge on any atom is 0.220 e. The monoisotopic (exact) mass is 236 g/mol. The lowest BCUT2D eigenvalue weighted by molar-refractivity contribution is -0.123. The van der Waals surface area contributed by atoms with E-state index in [0.717, 1.165) is 0 Å². The Morgan fingerprint density at radius 3 is 2.20 bits per heavy atom. The largest absolute Gasteiger partial charge is 0.748 e. The van der Waals surface area contributed by atoms with Crippen LogP contribution >= 0.6 is 0 Å². The molecule has 0 aliphatic rings. The molecule has 5 nitrogen and oxygen atoms in total. The molecule has 0 aromatic rings. The first kappa shape index (κ1) is 14.4. The van der Waals surface area contributed by atoms with Gasteiger partial charge in [-0.1, -0.05) is 13.8 Å². The molecule has 90 valence electrons. The smallest absolute Gasteiger partial charge is 0.220 e. The highest BCUT2D eigenvalue weighted by molar-refractivity contribution is 7.85. The molecular formula is C9H18NO4S-. The van der Waals surface area contributed by atoms with E-state index < -0.39 is 21.4 Å². The molecular weight excluding hydrogens is 218 g/mol. The van der Waals surface area contributed by atoms with Crippen molar-refractivity contribution in [2.24, 2.45) is 5.92 Å². The summed E-state index contributed by atoms with van der Waals surface area (Å²) in [5.41, 5.74) is -1.01. The lowest BCUT2D eigenvalue weighted by atomic mass is 10.1. The first-order valence-corrected chi connectivity index (χ1v) is 6.34. The lowest BCUT2D eigenvalue weighted by Gasteiger charge is -2.27. The molecule has 0 saturated heterocycles. The van der Waals surface area contributed by atoms with E-state index in [1.807, 2.05) is 13.8 Å². The van der Waals surface area contributed by atoms with Crippen molar-refractivity contribution in [3.8, 4) is 0 Å². The first-order chi connectivity index (χ1) is 6.52. The van der Waals surface area contributed by atoms with E-state index in [-0.39, 0.29) is 11.8 Å². The fraction of sp³-hybridized carbons (Fsp3) is 0.889. The maximum atomic E-state index is 11.3. The number of hydrogen-bond acceptors (Lipinski definition) is 4. The Morgan fingerprint density at radius 1 is 1.40 bits per heavy atom. The van der Waals surface area contributed by atoms with Gasteiger partial charge in [-0.25, -0.2) is 8.42 Å². The molecule has 0 bridgehead atoms. The lowest BCUT2D eigenvalue weighted by Crippen LogP contribution is -2.48. The first-order valence-electron chi connectivity index (χ1n) is 4.76. The van der Waals surface area contributed by atoms with Crippen molar-refractivity contribution in [3.63, 3.8) is 0 Å². The Bertz CT molecular complexity index is 319. The molecule has 0 aromatic carbocycles. The maximum absolute atomic E-state index is 11.3. The Morgan fingerprint density at radius 2 is 1.87 bits per heavy atom. The average molecular weight is 236 g/mol. The number of nitrogens with one attached hydrogen (secondary N) is 1. The van der Waals surface area contributed by atoms with E-state index >= 15 is 0 Å². The zero-order valence-electron chi connectivity index (χ0n) is 9.53. The van der Waals surface area contributed by atoms with Crippen molar-refractivity contribution in [1.82, 2.24) is 5.32 Å². The van der Waals surface area contributed by atoms with Gasteiger partial charge in [0.1, 0.15) is 0 Å². The van der Waals surface area contributed by atoms with Gasteiger partial charge in [-0.2, -0.15) is 0 Å². The molecule has 0 fully saturated rings. The van der Waals surface area contributed by atoms with E-state index in [4.69, 9.17) is 0 Å². The predicted molar refractivity (Wildman–Crippen MR) is 56.2 cm³/mol. The van der Waals surface area contributed by atoms with Crippen LogP contribution < -0.4 is 5.32 Å². The van der Waals surface area contributed by atoms with E-state index in [0.29, 0.717) is 6.42 Å². The van der Waals surface area contributed by atoms with Gasteiger partial charge >= 0.3 is 0 Å². The Kier molecular flexibility index (Phi) is 4.73. The molecule has 0 rings (SSSR count). The van der Waals surface area contributed by atoms with Gasteiger partial charge in [0, 0.05) is 12.0 Å². The van der Waals surface area contributed by atoms with Gasteiger partial charge in [0.05, 0.1) is 15.9 Å². The number of rotatable bonds is 5. The molecule has 0 aliphatic heterocycles. The fourth-order valence-corrected chi connectivity index (χ4v) is 2.23. The topological polar surface area (TPSA) is 86.3 Å². The summed E-state index contributed by atoms with van der Waals surface area (Å²) in [5, 5.41) is 2.53. The summed E-state index contributed by atoms with van der Waals surface area (Å²) >= 11 is 0. The van der Waals surface area contributed by atoms with Gasteiger partial charge in [-0.3, -0.25) is 4.79 Å². The van der Waals surface area contributed by atoms with Gasteiger partial charge in [-0.15, -0.1) is 0 Å². The molecule has 6 heteroatoms.